The van der Waals surface area contributed by atoms with E-state index in [1.165, 1.54) is 4.52 Å². The summed E-state index contributed by atoms with van der Waals surface area (Å²) >= 11 is 0. The summed E-state index contributed by atoms with van der Waals surface area (Å²) in [6.07, 6.45) is 3.04. The van der Waals surface area contributed by atoms with E-state index in [-0.39, 0.29) is 29.7 Å². The number of nitrogens with two attached hydrogens (primary N) is 1. The second-order valence-electron chi connectivity index (χ2n) is 9.48. The number of piperazine rings is 1. The van der Waals surface area contributed by atoms with Gasteiger partial charge in [-0.1, -0.05) is 18.2 Å². The van der Waals surface area contributed by atoms with E-state index in [4.69, 9.17) is 10.2 Å². The summed E-state index contributed by atoms with van der Waals surface area (Å²) in [4.78, 5) is 45.4. The normalized spacial score (nSPS) is 19.8. The maximum Gasteiger partial charge on any atom is 0.321 e. The fraction of sp³-hybridized carbons (Fsp3) is 0.360. The smallest absolute Gasteiger partial charge is 0.321 e. The van der Waals surface area contributed by atoms with Gasteiger partial charge in [0, 0.05) is 37.9 Å². The van der Waals surface area contributed by atoms with E-state index >= 15 is 0 Å². The fourth-order valence-electron chi connectivity index (χ4n) is 5.08. The first-order valence-electron chi connectivity index (χ1n) is 12.6. The summed E-state index contributed by atoms with van der Waals surface area (Å²) < 4.78 is 6.74. The number of benzene rings is 1. The van der Waals surface area contributed by atoms with Gasteiger partial charge in [-0.15, -0.1) is 5.10 Å². The predicted octanol–water partition coefficient (Wildman–Crippen LogP) is 2.10. The van der Waals surface area contributed by atoms with Gasteiger partial charge in [-0.3, -0.25) is 4.79 Å². The standard InChI is InChI=1S/C25H28N10O3/c1-16-15-32(25(37)27-17-7-3-2-4-8-17)12-13-33(16)21(36)18-9-5-11-34(18)23-29-22(26)35-24(30-23)28-20(31-35)19-10-6-14-38-19/h2-4,6-8,10,14,16,18H,5,9,11-13,15H2,1H3,(H,27,37)(H2,26,28,29,30,31)/t16-,18-/m0/s1. The molecule has 0 spiro atoms. The Morgan fingerprint density at radius 3 is 2.66 bits per heavy atom. The summed E-state index contributed by atoms with van der Waals surface area (Å²) in [5, 5.41) is 7.26. The summed E-state index contributed by atoms with van der Waals surface area (Å²) in [6.45, 7) is 3.93. The molecule has 2 saturated heterocycles. The molecular formula is C25H28N10O3. The van der Waals surface area contributed by atoms with Crippen molar-refractivity contribution in [2.45, 2.75) is 31.8 Å². The van der Waals surface area contributed by atoms with Crippen molar-refractivity contribution in [3.05, 3.63) is 48.7 Å². The molecule has 13 heteroatoms. The lowest BCUT2D eigenvalue weighted by atomic mass is 10.1. The van der Waals surface area contributed by atoms with E-state index < -0.39 is 6.04 Å². The van der Waals surface area contributed by atoms with Crippen LogP contribution in [-0.4, -0.2) is 84.6 Å². The number of hydrogen-bond acceptors (Lipinski definition) is 9. The van der Waals surface area contributed by atoms with Crippen LogP contribution in [0.5, 0.6) is 0 Å². The van der Waals surface area contributed by atoms with E-state index in [9.17, 15) is 9.59 Å². The van der Waals surface area contributed by atoms with Crippen molar-refractivity contribution in [1.29, 1.82) is 0 Å². The van der Waals surface area contributed by atoms with E-state index in [0.717, 1.165) is 12.1 Å². The zero-order valence-electron chi connectivity index (χ0n) is 20.9. The number of nitrogens with zero attached hydrogens (tertiary/aromatic N) is 8. The number of nitrogens with one attached hydrogen (secondary N) is 1. The Morgan fingerprint density at radius 2 is 1.89 bits per heavy atom. The number of anilines is 3. The molecule has 4 aromatic rings. The quantitative estimate of drug-likeness (QED) is 0.415. The number of nitrogen functional groups attached to an aromatic ring is 1. The van der Waals surface area contributed by atoms with Gasteiger partial charge in [0.2, 0.25) is 23.6 Å². The fourth-order valence-corrected chi connectivity index (χ4v) is 5.08. The lowest BCUT2D eigenvalue weighted by molar-refractivity contribution is -0.136. The molecule has 2 aliphatic rings. The average molecular weight is 517 g/mol. The van der Waals surface area contributed by atoms with E-state index in [0.29, 0.717) is 50.1 Å². The summed E-state index contributed by atoms with van der Waals surface area (Å²) in [7, 11) is 0. The van der Waals surface area contributed by atoms with Crippen molar-refractivity contribution in [3.8, 4) is 11.6 Å². The lowest BCUT2D eigenvalue weighted by Crippen LogP contribution is -2.59. The van der Waals surface area contributed by atoms with Gasteiger partial charge in [-0.2, -0.15) is 19.5 Å². The van der Waals surface area contributed by atoms with Crippen molar-refractivity contribution in [1.82, 2.24) is 34.4 Å². The highest BCUT2D eigenvalue weighted by atomic mass is 16.3. The predicted molar refractivity (Wildman–Crippen MR) is 139 cm³/mol. The first-order chi connectivity index (χ1) is 18.5. The Labute approximate surface area is 218 Å². The van der Waals surface area contributed by atoms with Crippen LogP contribution in [0.15, 0.2) is 53.1 Å². The van der Waals surface area contributed by atoms with Gasteiger partial charge >= 0.3 is 6.03 Å². The minimum Gasteiger partial charge on any atom is -0.461 e. The molecule has 2 aliphatic heterocycles. The third-order valence-corrected chi connectivity index (χ3v) is 6.98. The van der Waals surface area contributed by atoms with Crippen molar-refractivity contribution in [2.75, 3.05) is 42.1 Å². The third kappa shape index (κ3) is 4.35. The van der Waals surface area contributed by atoms with Gasteiger partial charge in [0.1, 0.15) is 6.04 Å². The van der Waals surface area contributed by atoms with Gasteiger partial charge in [0.25, 0.3) is 5.78 Å². The Balaban J connectivity index is 1.16. The SMILES string of the molecule is C[C@H]1CN(C(=O)Nc2ccccc2)CCN1C(=O)[C@@H]1CCCN1c1nc(N)n2nc(-c3ccco3)nc2n1. The molecule has 0 bridgehead atoms. The Hall–Kier alpha value is -4.68. The van der Waals surface area contributed by atoms with Crippen LogP contribution < -0.4 is 16.0 Å². The monoisotopic (exact) mass is 516 g/mol. The van der Waals surface area contributed by atoms with Crippen molar-refractivity contribution in [3.63, 3.8) is 0 Å². The van der Waals surface area contributed by atoms with Crippen LogP contribution >= 0.6 is 0 Å². The van der Waals surface area contributed by atoms with Crippen LogP contribution in [0.2, 0.25) is 0 Å². The van der Waals surface area contributed by atoms with Crippen LogP contribution in [0.25, 0.3) is 17.4 Å². The topological polar surface area (TPSA) is 151 Å². The molecule has 0 radical (unpaired) electrons. The maximum atomic E-state index is 13.7. The second kappa shape index (κ2) is 9.65. The minimum absolute atomic E-state index is 0.00194. The summed E-state index contributed by atoms with van der Waals surface area (Å²) in [6, 6.07) is 12.1. The highest BCUT2D eigenvalue weighted by Crippen LogP contribution is 2.27. The van der Waals surface area contributed by atoms with Crippen LogP contribution in [0.1, 0.15) is 19.8 Å². The zero-order chi connectivity index (χ0) is 26.2. The Bertz CT molecular complexity index is 1460. The molecule has 0 aliphatic carbocycles. The highest BCUT2D eigenvalue weighted by molar-refractivity contribution is 5.90. The first-order valence-corrected chi connectivity index (χ1v) is 12.6. The molecule has 3 aromatic heterocycles. The molecule has 196 valence electrons. The largest absolute Gasteiger partial charge is 0.461 e. The zero-order valence-corrected chi connectivity index (χ0v) is 20.9. The van der Waals surface area contributed by atoms with Crippen LogP contribution in [0, 0.1) is 0 Å². The van der Waals surface area contributed by atoms with Crippen LogP contribution in [0.3, 0.4) is 0 Å². The first kappa shape index (κ1) is 23.7. The van der Waals surface area contributed by atoms with E-state index in [1.54, 1.807) is 23.3 Å². The van der Waals surface area contributed by atoms with Crippen molar-refractivity contribution < 1.29 is 14.0 Å². The Morgan fingerprint density at radius 1 is 1.05 bits per heavy atom. The molecule has 3 amide bonds. The molecule has 13 nitrogen and oxygen atoms in total. The number of urea groups is 1. The molecule has 38 heavy (non-hydrogen) atoms. The molecule has 3 N–H and O–H groups in total. The highest BCUT2D eigenvalue weighted by Gasteiger charge is 2.39. The lowest BCUT2D eigenvalue weighted by Gasteiger charge is -2.41. The average Bonchev–Trinajstić information content (AvgIpc) is 3.69. The van der Waals surface area contributed by atoms with Gasteiger partial charge in [-0.05, 0) is 44.0 Å². The summed E-state index contributed by atoms with van der Waals surface area (Å²) in [5.41, 5.74) is 6.93. The third-order valence-electron chi connectivity index (χ3n) is 6.98. The second-order valence-corrected chi connectivity index (χ2v) is 9.48. The van der Waals surface area contributed by atoms with Gasteiger partial charge in [-0.25, -0.2) is 4.79 Å². The van der Waals surface area contributed by atoms with Crippen molar-refractivity contribution >= 4 is 35.3 Å². The molecule has 0 unspecified atom stereocenters. The maximum absolute atomic E-state index is 13.7. The molecule has 5 heterocycles. The minimum atomic E-state index is -0.420. The number of carbonyl (C=O) groups is 2. The van der Waals surface area contributed by atoms with Gasteiger partial charge < -0.3 is 30.2 Å². The number of rotatable bonds is 4. The summed E-state index contributed by atoms with van der Waals surface area (Å²) in [5.74, 6) is 1.60. The molecule has 0 saturated carbocycles. The number of furan rings is 1. The van der Waals surface area contributed by atoms with E-state index in [1.807, 2.05) is 47.1 Å². The molecule has 6 rings (SSSR count). The molecular weight excluding hydrogens is 488 g/mol. The number of carbonyl (C=O) groups excluding carboxylic acids is 2. The van der Waals surface area contributed by atoms with Crippen molar-refractivity contribution in [2.24, 2.45) is 0 Å². The van der Waals surface area contributed by atoms with Crippen LogP contribution in [0.4, 0.5) is 22.4 Å². The molecule has 2 fully saturated rings. The number of hydrogen-bond donors (Lipinski definition) is 2. The van der Waals surface area contributed by atoms with E-state index in [2.05, 4.69) is 25.4 Å². The number of aromatic nitrogens is 5. The number of fused-ring (bicyclic) bond motifs is 1. The molecule has 1 aromatic carbocycles. The van der Waals surface area contributed by atoms with Gasteiger partial charge in [0.05, 0.1) is 6.26 Å². The van der Waals surface area contributed by atoms with Crippen LogP contribution in [-0.2, 0) is 4.79 Å². The molecule has 2 atom stereocenters. The number of para-hydroxylation sites is 1. The van der Waals surface area contributed by atoms with Gasteiger partial charge in [0.15, 0.2) is 5.76 Å². The number of amides is 3. The Kier molecular flexibility index (Phi) is 6.02.